The van der Waals surface area contributed by atoms with Gasteiger partial charge in [-0.3, -0.25) is 71.2 Å². The largest absolute Gasteiger partial charge is 0.444 e. The van der Waals surface area contributed by atoms with E-state index in [4.69, 9.17) is 38.0 Å². The van der Waals surface area contributed by atoms with Crippen LogP contribution in [0.3, 0.4) is 0 Å². The molecular weight excluding hydrogens is 1160 g/mol. The summed E-state index contributed by atoms with van der Waals surface area (Å²) in [5, 5.41) is 33.5. The number of fused-ring (bicyclic) bond motifs is 5. The Morgan fingerprint density at radius 2 is 1.44 bits per heavy atom. The highest BCUT2D eigenvalue weighted by Gasteiger charge is 2.53. The number of aliphatic hydroxyl groups excluding tert-OH is 2. The van der Waals surface area contributed by atoms with Crippen molar-refractivity contribution in [1.82, 2.24) is 54.6 Å². The summed E-state index contributed by atoms with van der Waals surface area (Å²) in [5.74, 6) is -2.89. The van der Waals surface area contributed by atoms with E-state index in [1.165, 1.54) is 34.5 Å². The SMILES string of the molecule is CC(C)[C@H](NC(=O)CCCCCN1C(=O)C=CC1=O)C(=O)N[C@@H](C)C(=O)Nc1ccc(COC(=O)Nc2ncnc3c2ncn3[C@@H]2O[C@@H]3COP(=O)(S)OC4[C@@H](COP(=O)(S)O[C@H]2C3O)O[C@@H](n2cnc3c(=O)[nH]c(N)nc32)[C@H]4O)cc1. The standard InChI is InChI=1S/C46H56N14O18P2S2/c1-21(2)30(54-27(61)7-5-4-6-14-58-28(62)12-13-29(58)63)41(67)52-22(3)40(66)53-24-10-8-23(9-11-24)15-72-46(69)55-37-31-38(49-18-48-37)59(19-50-31)44-36-33(64)25(75-44)16-73-79(70,81)77-35-26(17-74-80(71,82)78-36)76-43(34(35)65)60-20-51-32-39(60)56-45(47)57-42(32)68/h8-13,18-22,25-26,30,33-36,43-44,64-65H,4-7,14-17H2,1-3H3,(H,52,67)(H,53,66)(H,54,61)(H,70,81)(H,71,82)(H3,47,56,57,68)(H,48,49,55,69)/t22-,25+,26+,30-,33?,34-,35?,36-,43+,44+,79?,80?/m0/s1. The van der Waals surface area contributed by atoms with Crippen molar-refractivity contribution in [2.24, 2.45) is 5.92 Å². The number of nitrogens with zero attached hydrogens (tertiary/aromatic N) is 8. The lowest BCUT2D eigenvalue weighted by Crippen LogP contribution is -2.53. The molecule has 4 aliphatic heterocycles. The molecule has 3 fully saturated rings. The summed E-state index contributed by atoms with van der Waals surface area (Å²) in [7, 11) is 0. The van der Waals surface area contributed by atoms with E-state index in [0.29, 0.717) is 30.5 Å². The minimum Gasteiger partial charge on any atom is -0.444 e. The number of carbonyl (C=O) groups is 6. The molecule has 4 aliphatic rings. The first-order chi connectivity index (χ1) is 39.0. The van der Waals surface area contributed by atoms with E-state index >= 15 is 0 Å². The fourth-order valence-electron chi connectivity index (χ4n) is 9.12. The Hall–Kier alpha value is -6.68. The van der Waals surface area contributed by atoms with Gasteiger partial charge >= 0.3 is 19.7 Å². The van der Waals surface area contributed by atoms with Crippen LogP contribution >= 0.6 is 38.1 Å². The quantitative estimate of drug-likeness (QED) is 0.0274. The second-order valence-corrected chi connectivity index (χ2v) is 25.2. The second kappa shape index (κ2) is 25.0. The highest BCUT2D eigenvalue weighted by atomic mass is 32.7. The summed E-state index contributed by atoms with van der Waals surface area (Å²) in [6.45, 7) is -5.41. The van der Waals surface area contributed by atoms with Crippen LogP contribution in [0.5, 0.6) is 0 Å². The van der Waals surface area contributed by atoms with Gasteiger partial charge in [0.2, 0.25) is 23.7 Å². The molecule has 4 aromatic heterocycles. The number of unbranched alkanes of at least 4 members (excludes halogenated alkanes) is 2. The van der Waals surface area contributed by atoms with E-state index in [9.17, 15) is 52.9 Å². The van der Waals surface area contributed by atoms with E-state index in [1.807, 2.05) is 0 Å². The van der Waals surface area contributed by atoms with Crippen LogP contribution < -0.4 is 32.6 Å². The Kier molecular flexibility index (Phi) is 18.3. The molecule has 32 nitrogen and oxygen atoms in total. The normalized spacial score (nSPS) is 27.3. The zero-order chi connectivity index (χ0) is 58.8. The van der Waals surface area contributed by atoms with Crippen molar-refractivity contribution < 1.29 is 80.4 Å². The number of benzene rings is 1. The van der Waals surface area contributed by atoms with Gasteiger partial charge in [-0.1, -0.05) is 56.9 Å². The fraction of sp³-hybridized carbons (Fsp3) is 0.478. The van der Waals surface area contributed by atoms with E-state index < -0.39 is 111 Å². The Balaban J connectivity index is 0.772. The Bertz CT molecular complexity index is 3440. The van der Waals surface area contributed by atoms with Crippen LogP contribution in [0.4, 0.5) is 22.2 Å². The molecule has 9 rings (SSSR count). The number of amides is 6. The zero-order valence-electron chi connectivity index (χ0n) is 43.6. The third kappa shape index (κ3) is 13.7. The van der Waals surface area contributed by atoms with Gasteiger partial charge in [-0.15, -0.1) is 0 Å². The van der Waals surface area contributed by atoms with Gasteiger partial charge in [0.1, 0.15) is 61.6 Å². The number of carbonyl (C=O) groups excluding carboxylic acids is 6. The number of ether oxygens (including phenoxy) is 3. The Morgan fingerprint density at radius 3 is 2.13 bits per heavy atom. The second-order valence-electron chi connectivity index (χ2n) is 19.5. The number of nitrogens with two attached hydrogens (primary N) is 1. The number of aromatic amines is 1. The number of hydrogen-bond acceptors (Lipinski definition) is 24. The number of thiol groups is 2. The van der Waals surface area contributed by atoms with Gasteiger partial charge in [0.15, 0.2) is 40.6 Å². The third-order valence-corrected chi connectivity index (χ3v) is 16.5. The summed E-state index contributed by atoms with van der Waals surface area (Å²) in [5.41, 5.74) is 5.72. The van der Waals surface area contributed by atoms with Crippen molar-refractivity contribution >= 4 is 114 Å². The third-order valence-electron chi connectivity index (χ3n) is 13.3. The molecule has 8 heterocycles. The molecule has 4 unspecified atom stereocenters. The van der Waals surface area contributed by atoms with Gasteiger partial charge in [0.05, 0.1) is 25.9 Å². The lowest BCUT2D eigenvalue weighted by Gasteiger charge is -2.26. The van der Waals surface area contributed by atoms with Crippen molar-refractivity contribution in [3.8, 4) is 0 Å². The minimum absolute atomic E-state index is 0.000603. The van der Waals surface area contributed by atoms with Crippen molar-refractivity contribution in [1.29, 1.82) is 0 Å². The maximum absolute atomic E-state index is 14.0. The smallest absolute Gasteiger partial charge is 0.413 e. The molecule has 82 heavy (non-hydrogen) atoms. The summed E-state index contributed by atoms with van der Waals surface area (Å²) in [4.78, 5) is 112. The van der Waals surface area contributed by atoms with E-state index in [0.717, 1.165) is 17.6 Å². The van der Waals surface area contributed by atoms with Crippen LogP contribution in [0.2, 0.25) is 0 Å². The van der Waals surface area contributed by atoms with Crippen molar-refractivity contribution in [3.05, 3.63) is 71.3 Å². The zero-order valence-corrected chi connectivity index (χ0v) is 47.2. The topological polar surface area (TPSA) is 426 Å². The monoisotopic (exact) mass is 1220 g/mol. The molecule has 12 atom stereocenters. The van der Waals surface area contributed by atoms with Crippen molar-refractivity contribution in [2.45, 2.75) is 114 Å². The average molecular weight is 1220 g/mol. The lowest BCUT2D eigenvalue weighted by atomic mass is 10.0. The van der Waals surface area contributed by atoms with E-state index in [-0.39, 0.29) is 77.3 Å². The van der Waals surface area contributed by atoms with Gasteiger partial charge in [0, 0.05) is 30.8 Å². The number of rotatable bonds is 17. The van der Waals surface area contributed by atoms with Gasteiger partial charge in [-0.05, 0) is 43.4 Å². The van der Waals surface area contributed by atoms with Crippen LogP contribution in [0.15, 0.2) is 60.2 Å². The number of hydrogen-bond donors (Lipinski definition) is 10. The number of H-pyrrole nitrogens is 1. The van der Waals surface area contributed by atoms with Gasteiger partial charge < -0.3 is 46.1 Å². The maximum atomic E-state index is 14.0. The number of imidazole rings is 2. The van der Waals surface area contributed by atoms with Crippen LogP contribution in [-0.2, 0) is 72.0 Å². The molecule has 0 spiro atoms. The molecule has 0 aliphatic carbocycles. The first kappa shape index (κ1) is 59.9. The van der Waals surface area contributed by atoms with Crippen LogP contribution in [0.25, 0.3) is 22.3 Å². The lowest BCUT2D eigenvalue weighted by molar-refractivity contribution is -0.137. The predicted octanol–water partition coefficient (Wildman–Crippen LogP) is 1.77. The number of anilines is 3. The molecule has 2 bridgehead atoms. The number of nitrogens with one attached hydrogen (secondary N) is 5. The maximum Gasteiger partial charge on any atom is 0.413 e. The molecule has 5 aromatic rings. The fourth-order valence-corrected chi connectivity index (χ4v) is 12.1. The molecule has 36 heteroatoms. The molecule has 0 saturated carbocycles. The van der Waals surface area contributed by atoms with Crippen molar-refractivity contribution in [3.63, 3.8) is 0 Å². The van der Waals surface area contributed by atoms with E-state index in [2.05, 4.69) is 75.7 Å². The Morgan fingerprint density at radius 1 is 0.793 bits per heavy atom. The molecular formula is C46H56N14O18P2S2. The highest BCUT2D eigenvalue weighted by Crippen LogP contribution is 2.60. The number of nitrogen functional groups attached to an aromatic ring is 1. The molecule has 1 aromatic carbocycles. The first-order valence-electron chi connectivity index (χ1n) is 25.3. The molecule has 440 valence electrons. The molecule has 0 radical (unpaired) electrons. The summed E-state index contributed by atoms with van der Waals surface area (Å²) < 4.78 is 70.4. The summed E-state index contributed by atoms with van der Waals surface area (Å²) >= 11 is 8.24. The summed E-state index contributed by atoms with van der Waals surface area (Å²) in [6, 6.07) is 4.35. The molecule has 9 N–H and O–H groups in total. The van der Waals surface area contributed by atoms with Gasteiger partial charge in [0.25, 0.3) is 17.4 Å². The van der Waals surface area contributed by atoms with Crippen LogP contribution in [0.1, 0.15) is 64.5 Å². The van der Waals surface area contributed by atoms with Crippen molar-refractivity contribution in [2.75, 3.05) is 36.1 Å². The number of aliphatic hydroxyl groups is 2. The highest BCUT2D eigenvalue weighted by molar-refractivity contribution is 8.44. The first-order valence-corrected chi connectivity index (χ1v) is 30.7. The van der Waals surface area contributed by atoms with Gasteiger partial charge in [-0.25, -0.2) is 33.9 Å². The van der Waals surface area contributed by atoms with Crippen LogP contribution in [-0.4, -0.2) is 158 Å². The number of aromatic nitrogens is 8. The van der Waals surface area contributed by atoms with Gasteiger partial charge in [-0.2, -0.15) is 4.98 Å². The molecule has 6 amide bonds. The number of imide groups is 1. The average Bonchev–Trinajstić information content (AvgIpc) is 3.06. The van der Waals surface area contributed by atoms with Crippen LogP contribution in [0, 0.1) is 5.92 Å². The minimum atomic E-state index is -4.55. The molecule has 3 saturated heterocycles. The van der Waals surface area contributed by atoms with E-state index in [1.54, 1.807) is 38.1 Å². The Labute approximate surface area is 474 Å². The summed E-state index contributed by atoms with van der Waals surface area (Å²) in [6.07, 6.45) is -5.55. The predicted molar refractivity (Wildman–Crippen MR) is 290 cm³/mol.